The van der Waals surface area contributed by atoms with Crippen molar-refractivity contribution < 1.29 is 33.7 Å². The van der Waals surface area contributed by atoms with Crippen LogP contribution in [0.5, 0.6) is 0 Å². The molecule has 2 amide bonds. The number of unbranched alkanes of at least 4 members (excludes halogenated alkanes) is 22. The first-order chi connectivity index (χ1) is 29.4. The fraction of sp³-hybridized carbons (Fsp3) is 0.706. The number of rotatable bonds is 38. The molecule has 1 aliphatic carbocycles. The molecular formula is C51H82N2O7. The molecule has 60 heavy (non-hydrogen) atoms. The Kier molecular flexibility index (Phi) is 28.2. The average molecular weight is 835 g/mol. The first kappa shape index (κ1) is 50.9. The number of benzene rings is 2. The number of nitrogens with one attached hydrogen (secondary N) is 2. The summed E-state index contributed by atoms with van der Waals surface area (Å²) < 4.78 is 18.0. The summed E-state index contributed by atoms with van der Waals surface area (Å²) >= 11 is 0. The van der Waals surface area contributed by atoms with E-state index >= 15 is 0 Å². The number of hydrogen-bond donors (Lipinski definition) is 3. The Bertz CT molecular complexity index is 1390. The molecule has 0 heterocycles. The van der Waals surface area contributed by atoms with Gasteiger partial charge in [-0.3, -0.25) is 9.59 Å². The minimum absolute atomic E-state index is 0.0643. The molecule has 3 N–H and O–H groups in total. The van der Waals surface area contributed by atoms with Gasteiger partial charge >= 0.3 is 12.1 Å². The Morgan fingerprint density at radius 3 is 1.55 bits per heavy atom. The molecule has 0 radical (unpaired) electrons. The molecule has 338 valence electrons. The molecule has 0 saturated heterocycles. The van der Waals surface area contributed by atoms with Gasteiger partial charge in [0.25, 0.3) is 0 Å². The van der Waals surface area contributed by atoms with Crippen molar-refractivity contribution in [3.63, 3.8) is 0 Å². The van der Waals surface area contributed by atoms with Gasteiger partial charge < -0.3 is 30.0 Å². The lowest BCUT2D eigenvalue weighted by molar-refractivity contribution is -0.137. The maximum atomic E-state index is 13.5. The standard InChI is InChI=1S/C51H82N2O7/c1-3-5-7-9-11-13-15-17-19-21-23-29-37-58-40-42(59-38-30-24-22-20-18-16-14-12-10-8-6-4-2)39-52-50(56)48(35-36-49(54)55)53-51(57)60-41-47-45-33-27-25-31-43(45)44-32-26-28-34-46(44)47/h25-28,31-34,42,47-48H,3-24,29-30,35-41H2,1-2H3,(H,52,56)(H,53,57)(H,54,55)/t42?,48-/m0/s1. The van der Waals surface area contributed by atoms with Crippen molar-refractivity contribution in [3.8, 4) is 11.1 Å². The van der Waals surface area contributed by atoms with Crippen LogP contribution >= 0.6 is 0 Å². The molecule has 2 atom stereocenters. The Labute approximate surface area is 363 Å². The van der Waals surface area contributed by atoms with E-state index in [9.17, 15) is 19.5 Å². The normalized spacial score (nSPS) is 13.1. The van der Waals surface area contributed by atoms with Gasteiger partial charge in [-0.25, -0.2) is 4.79 Å². The van der Waals surface area contributed by atoms with Crippen LogP contribution in [-0.4, -0.2) is 68.2 Å². The minimum atomic E-state index is -1.07. The van der Waals surface area contributed by atoms with Gasteiger partial charge in [-0.2, -0.15) is 0 Å². The van der Waals surface area contributed by atoms with Crippen molar-refractivity contribution >= 4 is 18.0 Å². The van der Waals surface area contributed by atoms with E-state index in [0.717, 1.165) is 47.9 Å². The first-order valence-electron chi connectivity index (χ1n) is 24.2. The monoisotopic (exact) mass is 835 g/mol. The summed E-state index contributed by atoms with van der Waals surface area (Å²) in [5.74, 6) is -1.64. The molecule has 2 aromatic rings. The van der Waals surface area contributed by atoms with Crippen molar-refractivity contribution in [1.82, 2.24) is 10.6 Å². The van der Waals surface area contributed by atoms with E-state index in [-0.39, 0.29) is 38.0 Å². The fourth-order valence-corrected chi connectivity index (χ4v) is 8.28. The number of carboxylic acid groups (broad SMARTS) is 1. The third-order valence-electron chi connectivity index (χ3n) is 11.9. The van der Waals surface area contributed by atoms with E-state index in [1.165, 1.54) is 128 Å². The van der Waals surface area contributed by atoms with Crippen LogP contribution in [0, 0.1) is 0 Å². The van der Waals surface area contributed by atoms with Gasteiger partial charge in [0.1, 0.15) is 12.6 Å². The highest BCUT2D eigenvalue weighted by Crippen LogP contribution is 2.44. The van der Waals surface area contributed by atoms with Crippen molar-refractivity contribution in [2.24, 2.45) is 0 Å². The number of carboxylic acids is 1. The van der Waals surface area contributed by atoms with Crippen LogP contribution in [-0.2, 0) is 23.8 Å². The van der Waals surface area contributed by atoms with Gasteiger partial charge in [-0.05, 0) is 41.5 Å². The average Bonchev–Trinajstić information content (AvgIpc) is 3.58. The zero-order valence-corrected chi connectivity index (χ0v) is 37.7. The second-order valence-electron chi connectivity index (χ2n) is 17.0. The van der Waals surface area contributed by atoms with E-state index in [1.807, 2.05) is 36.4 Å². The van der Waals surface area contributed by atoms with Crippen molar-refractivity contribution in [3.05, 3.63) is 59.7 Å². The maximum absolute atomic E-state index is 13.5. The molecule has 0 fully saturated rings. The number of amides is 2. The van der Waals surface area contributed by atoms with E-state index < -0.39 is 24.0 Å². The number of aliphatic carboxylic acids is 1. The van der Waals surface area contributed by atoms with Crippen LogP contribution < -0.4 is 10.6 Å². The molecule has 2 aromatic carbocycles. The first-order valence-corrected chi connectivity index (χ1v) is 24.2. The SMILES string of the molecule is CCCCCCCCCCCCCCOCC(CNC(=O)[C@H](CCC(=O)O)NC(=O)OCC1c2ccccc2-c2ccccc21)OCCCCCCCCCCCCCC. The molecule has 1 unspecified atom stereocenters. The van der Waals surface area contributed by atoms with Crippen molar-refractivity contribution in [2.45, 2.75) is 199 Å². The van der Waals surface area contributed by atoms with Gasteiger partial charge in [0.05, 0.1) is 12.7 Å². The largest absolute Gasteiger partial charge is 0.481 e. The Morgan fingerprint density at radius 1 is 0.617 bits per heavy atom. The number of fused-ring (bicyclic) bond motifs is 3. The number of hydrogen-bond acceptors (Lipinski definition) is 6. The predicted octanol–water partition coefficient (Wildman–Crippen LogP) is 12.7. The third-order valence-corrected chi connectivity index (χ3v) is 11.9. The van der Waals surface area contributed by atoms with E-state index in [2.05, 4.69) is 36.6 Å². The summed E-state index contributed by atoms with van der Waals surface area (Å²) in [7, 11) is 0. The topological polar surface area (TPSA) is 123 Å². The summed E-state index contributed by atoms with van der Waals surface area (Å²) in [5.41, 5.74) is 4.41. The van der Waals surface area contributed by atoms with Crippen LogP contribution in [0.15, 0.2) is 48.5 Å². The molecule has 9 heteroatoms. The van der Waals surface area contributed by atoms with Gasteiger partial charge in [0, 0.05) is 32.1 Å². The molecule has 3 rings (SSSR count). The summed E-state index contributed by atoms with van der Waals surface area (Å²) in [6.07, 6.45) is 29.2. The van der Waals surface area contributed by atoms with Crippen LogP contribution in [0.2, 0.25) is 0 Å². The summed E-state index contributed by atoms with van der Waals surface area (Å²) in [4.78, 5) is 38.1. The zero-order chi connectivity index (χ0) is 42.9. The summed E-state index contributed by atoms with van der Waals surface area (Å²) in [5, 5.41) is 15.0. The lowest BCUT2D eigenvalue weighted by Crippen LogP contribution is -2.49. The Balaban J connectivity index is 1.43. The van der Waals surface area contributed by atoms with Crippen molar-refractivity contribution in [2.75, 3.05) is 33.0 Å². The number of ether oxygens (including phenoxy) is 3. The van der Waals surface area contributed by atoms with Gasteiger partial charge in [-0.15, -0.1) is 0 Å². The molecular weight excluding hydrogens is 753 g/mol. The molecule has 0 aromatic heterocycles. The fourth-order valence-electron chi connectivity index (χ4n) is 8.28. The number of carbonyl (C=O) groups excluding carboxylic acids is 2. The molecule has 0 bridgehead atoms. The van der Waals surface area contributed by atoms with Gasteiger partial charge in [-0.1, -0.05) is 204 Å². The zero-order valence-electron chi connectivity index (χ0n) is 37.7. The van der Waals surface area contributed by atoms with Crippen LogP contribution in [0.25, 0.3) is 11.1 Å². The Morgan fingerprint density at radius 2 is 1.07 bits per heavy atom. The smallest absolute Gasteiger partial charge is 0.407 e. The second-order valence-corrected chi connectivity index (χ2v) is 17.0. The summed E-state index contributed by atoms with van der Waals surface area (Å²) in [6.45, 7) is 6.41. The molecule has 0 spiro atoms. The quantitative estimate of drug-likeness (QED) is 0.0576. The lowest BCUT2D eigenvalue weighted by Gasteiger charge is -2.22. The highest BCUT2D eigenvalue weighted by molar-refractivity contribution is 5.86. The predicted molar refractivity (Wildman–Crippen MR) is 245 cm³/mol. The number of alkyl carbamates (subject to hydrolysis) is 1. The van der Waals surface area contributed by atoms with E-state index in [1.54, 1.807) is 0 Å². The van der Waals surface area contributed by atoms with E-state index in [0.29, 0.717) is 19.8 Å². The van der Waals surface area contributed by atoms with Gasteiger partial charge in [0.15, 0.2) is 0 Å². The highest BCUT2D eigenvalue weighted by atomic mass is 16.5. The van der Waals surface area contributed by atoms with Gasteiger partial charge in [0.2, 0.25) is 5.91 Å². The second kappa shape index (κ2) is 33.2. The maximum Gasteiger partial charge on any atom is 0.407 e. The van der Waals surface area contributed by atoms with Crippen LogP contribution in [0.4, 0.5) is 4.79 Å². The molecule has 0 saturated carbocycles. The Hall–Kier alpha value is -3.43. The molecule has 9 nitrogen and oxygen atoms in total. The van der Waals surface area contributed by atoms with Crippen LogP contribution in [0.3, 0.4) is 0 Å². The third kappa shape index (κ3) is 21.9. The highest BCUT2D eigenvalue weighted by Gasteiger charge is 2.30. The molecule has 1 aliphatic rings. The molecule has 0 aliphatic heterocycles. The lowest BCUT2D eigenvalue weighted by atomic mass is 9.98. The summed E-state index contributed by atoms with van der Waals surface area (Å²) in [6, 6.07) is 15.1. The van der Waals surface area contributed by atoms with E-state index in [4.69, 9.17) is 14.2 Å². The number of carbonyl (C=O) groups is 3. The van der Waals surface area contributed by atoms with Crippen molar-refractivity contribution in [1.29, 1.82) is 0 Å². The minimum Gasteiger partial charge on any atom is -0.481 e. The van der Waals surface area contributed by atoms with Crippen LogP contribution in [0.1, 0.15) is 198 Å².